The van der Waals surface area contributed by atoms with Crippen LogP contribution in [0.25, 0.3) is 10.4 Å². The van der Waals surface area contributed by atoms with E-state index in [9.17, 15) is 14.4 Å². The Morgan fingerprint density at radius 2 is 1.73 bits per heavy atom. The Morgan fingerprint density at radius 1 is 1.12 bits per heavy atom. The number of hydrogen-bond acceptors (Lipinski definition) is 9. The monoisotopic (exact) mass is 389 g/mol. The van der Waals surface area contributed by atoms with Crippen molar-refractivity contribution in [2.75, 3.05) is 12.4 Å². The van der Waals surface area contributed by atoms with Crippen molar-refractivity contribution in [3.63, 3.8) is 0 Å². The topological polar surface area (TPSA) is 137 Å². The Hall–Kier alpha value is -1.97. The van der Waals surface area contributed by atoms with Crippen LogP contribution < -0.4 is 0 Å². The van der Waals surface area contributed by atoms with Crippen molar-refractivity contribution >= 4 is 29.7 Å². The SMILES string of the molecule is CCCS[C@H]1OC(COC(C)=O)[C@H](OC(C)=O)[C@H](N=[N+]=[N-])C1OC(C)=O. The van der Waals surface area contributed by atoms with Gasteiger partial charge in [-0.05, 0) is 17.7 Å². The van der Waals surface area contributed by atoms with E-state index in [1.165, 1.54) is 32.5 Å². The molecule has 146 valence electrons. The molecule has 0 radical (unpaired) electrons. The van der Waals surface area contributed by atoms with Crippen molar-refractivity contribution in [2.24, 2.45) is 5.11 Å². The van der Waals surface area contributed by atoms with Crippen LogP contribution in [0.2, 0.25) is 0 Å². The molecule has 1 fully saturated rings. The van der Waals surface area contributed by atoms with Crippen LogP contribution in [-0.4, -0.2) is 60.1 Å². The van der Waals surface area contributed by atoms with Gasteiger partial charge in [-0.1, -0.05) is 12.0 Å². The van der Waals surface area contributed by atoms with Crippen molar-refractivity contribution < 1.29 is 33.3 Å². The highest BCUT2D eigenvalue weighted by atomic mass is 32.2. The minimum atomic E-state index is -1.06. The van der Waals surface area contributed by atoms with E-state index in [2.05, 4.69) is 10.0 Å². The summed E-state index contributed by atoms with van der Waals surface area (Å²) in [6, 6.07) is -1.02. The summed E-state index contributed by atoms with van der Waals surface area (Å²) in [5, 5.41) is 3.68. The molecule has 5 atom stereocenters. The lowest BCUT2D eigenvalue weighted by atomic mass is 9.97. The Morgan fingerprint density at radius 3 is 2.23 bits per heavy atom. The summed E-state index contributed by atoms with van der Waals surface area (Å²) in [6.45, 7) is 5.43. The second kappa shape index (κ2) is 10.9. The lowest BCUT2D eigenvalue weighted by Gasteiger charge is -2.43. The van der Waals surface area contributed by atoms with Crippen molar-refractivity contribution in [3.8, 4) is 0 Å². The van der Waals surface area contributed by atoms with Gasteiger partial charge < -0.3 is 18.9 Å². The molecule has 0 aromatic rings. The van der Waals surface area contributed by atoms with Crippen LogP contribution in [0.5, 0.6) is 0 Å². The van der Waals surface area contributed by atoms with Gasteiger partial charge >= 0.3 is 17.9 Å². The number of esters is 3. The molecule has 10 nitrogen and oxygen atoms in total. The molecule has 0 saturated carbocycles. The maximum absolute atomic E-state index is 11.5. The average molecular weight is 389 g/mol. The van der Waals surface area contributed by atoms with E-state index in [1.807, 2.05) is 6.92 Å². The molecule has 0 N–H and O–H groups in total. The van der Waals surface area contributed by atoms with E-state index in [-0.39, 0.29) is 6.61 Å². The van der Waals surface area contributed by atoms with Crippen molar-refractivity contribution in [1.82, 2.24) is 0 Å². The molecule has 0 aromatic carbocycles. The number of ether oxygens (including phenoxy) is 4. The standard InChI is InChI=1S/C15H23N3O7S/c1-5-6-26-15-14(24-10(4)21)12(17-18-16)13(23-9(3)20)11(25-15)7-22-8(2)19/h11-15H,5-7H2,1-4H3/t11?,12-,13-,14?,15+/m0/s1. The highest BCUT2D eigenvalue weighted by molar-refractivity contribution is 7.99. The normalized spacial score (nSPS) is 27.8. The largest absolute Gasteiger partial charge is 0.463 e. The smallest absolute Gasteiger partial charge is 0.303 e. The molecule has 0 spiro atoms. The van der Waals surface area contributed by atoms with Crippen LogP contribution in [0.15, 0.2) is 5.11 Å². The molecule has 0 bridgehead atoms. The van der Waals surface area contributed by atoms with Gasteiger partial charge in [-0.15, -0.1) is 11.8 Å². The lowest BCUT2D eigenvalue weighted by molar-refractivity contribution is -0.201. The van der Waals surface area contributed by atoms with E-state index >= 15 is 0 Å². The first-order valence-corrected chi connectivity index (χ1v) is 9.14. The molecule has 0 amide bonds. The lowest BCUT2D eigenvalue weighted by Crippen LogP contribution is -2.59. The number of hydrogen-bond donors (Lipinski definition) is 0. The zero-order valence-corrected chi connectivity index (χ0v) is 15.9. The summed E-state index contributed by atoms with van der Waals surface area (Å²) in [7, 11) is 0. The van der Waals surface area contributed by atoms with Crippen molar-refractivity contribution in [2.45, 2.75) is 63.9 Å². The molecular weight excluding hydrogens is 366 g/mol. The third kappa shape index (κ3) is 6.74. The number of azide groups is 1. The van der Waals surface area contributed by atoms with Crippen LogP contribution >= 0.6 is 11.8 Å². The molecule has 2 unspecified atom stereocenters. The maximum Gasteiger partial charge on any atom is 0.303 e. The molecule has 11 heteroatoms. The number of thioether (sulfide) groups is 1. The first-order valence-electron chi connectivity index (χ1n) is 8.09. The van der Waals surface area contributed by atoms with Crippen LogP contribution in [0.1, 0.15) is 34.1 Å². The van der Waals surface area contributed by atoms with E-state index in [4.69, 9.17) is 24.5 Å². The van der Waals surface area contributed by atoms with Crippen LogP contribution in [0.4, 0.5) is 0 Å². The highest BCUT2D eigenvalue weighted by Gasteiger charge is 2.49. The average Bonchev–Trinajstić information content (AvgIpc) is 2.54. The summed E-state index contributed by atoms with van der Waals surface area (Å²) in [6.07, 6.45) is -2.03. The molecule has 0 aliphatic carbocycles. The maximum atomic E-state index is 11.5. The predicted octanol–water partition coefficient (Wildman–Crippen LogP) is 1.96. The van der Waals surface area contributed by atoms with Crippen LogP contribution in [0.3, 0.4) is 0 Å². The summed E-state index contributed by atoms with van der Waals surface area (Å²) < 4.78 is 21.4. The van der Waals surface area contributed by atoms with Gasteiger partial charge in [-0.2, -0.15) is 0 Å². The molecule has 1 aliphatic heterocycles. The van der Waals surface area contributed by atoms with E-state index < -0.39 is 47.7 Å². The quantitative estimate of drug-likeness (QED) is 0.202. The van der Waals surface area contributed by atoms with Gasteiger partial charge in [0.25, 0.3) is 0 Å². The second-order valence-corrected chi connectivity index (χ2v) is 6.77. The zero-order chi connectivity index (χ0) is 19.7. The van der Waals surface area contributed by atoms with Gasteiger partial charge in [0.05, 0.1) is 0 Å². The Bertz CT molecular complexity index is 567. The summed E-state index contributed by atoms with van der Waals surface area (Å²) >= 11 is 1.37. The van der Waals surface area contributed by atoms with E-state index in [1.54, 1.807) is 0 Å². The molecule has 1 heterocycles. The van der Waals surface area contributed by atoms with Gasteiger partial charge in [0.15, 0.2) is 0 Å². The fourth-order valence-electron chi connectivity index (χ4n) is 2.44. The third-order valence-electron chi connectivity index (χ3n) is 3.34. The van der Waals surface area contributed by atoms with Gasteiger partial charge in [-0.3, -0.25) is 14.4 Å². The Balaban J connectivity index is 3.20. The van der Waals surface area contributed by atoms with Gasteiger partial charge in [0.2, 0.25) is 0 Å². The van der Waals surface area contributed by atoms with Crippen LogP contribution in [-0.2, 0) is 33.3 Å². The van der Waals surface area contributed by atoms with Gasteiger partial charge in [-0.25, -0.2) is 0 Å². The van der Waals surface area contributed by atoms with Gasteiger partial charge in [0, 0.05) is 25.7 Å². The molecule has 1 aliphatic rings. The number of rotatable bonds is 8. The summed E-state index contributed by atoms with van der Waals surface area (Å²) in [4.78, 5) is 36.9. The number of carbonyl (C=O) groups excluding carboxylic acids is 3. The fraction of sp³-hybridized carbons (Fsp3) is 0.800. The fourth-order valence-corrected chi connectivity index (χ4v) is 3.54. The molecule has 0 aromatic heterocycles. The van der Waals surface area contributed by atoms with Gasteiger partial charge in [0.1, 0.15) is 36.4 Å². The second-order valence-electron chi connectivity index (χ2n) is 5.56. The number of carbonyl (C=O) groups is 3. The Labute approximate surface area is 155 Å². The minimum Gasteiger partial charge on any atom is -0.463 e. The first kappa shape index (κ1) is 22.1. The zero-order valence-electron chi connectivity index (χ0n) is 15.1. The molecule has 1 rings (SSSR count). The predicted molar refractivity (Wildman–Crippen MR) is 92.1 cm³/mol. The van der Waals surface area contributed by atoms with E-state index in [0.29, 0.717) is 5.75 Å². The van der Waals surface area contributed by atoms with Crippen molar-refractivity contribution in [1.29, 1.82) is 0 Å². The summed E-state index contributed by atoms with van der Waals surface area (Å²) in [5.41, 5.74) is 8.27. The van der Waals surface area contributed by atoms with E-state index in [0.717, 1.165) is 6.42 Å². The first-order chi connectivity index (χ1) is 12.3. The molecule has 1 saturated heterocycles. The molecule has 26 heavy (non-hydrogen) atoms. The van der Waals surface area contributed by atoms with Crippen LogP contribution in [0, 0.1) is 0 Å². The Kier molecular flexibility index (Phi) is 9.25. The number of nitrogens with zero attached hydrogens (tertiary/aromatic N) is 3. The van der Waals surface area contributed by atoms with Crippen molar-refractivity contribution in [3.05, 3.63) is 10.4 Å². The summed E-state index contributed by atoms with van der Waals surface area (Å²) in [5.74, 6) is -1.05. The minimum absolute atomic E-state index is 0.194. The third-order valence-corrected chi connectivity index (χ3v) is 4.69. The molecular formula is C15H23N3O7S. The highest BCUT2D eigenvalue weighted by Crippen LogP contribution is 2.34.